The number of aromatic nitrogens is 2. The van der Waals surface area contributed by atoms with Gasteiger partial charge in [0.25, 0.3) is 0 Å². The molecule has 2 aliphatic heterocycles. The summed E-state index contributed by atoms with van der Waals surface area (Å²) in [6.45, 7) is 3.83. The molecule has 4 heterocycles. The van der Waals surface area contributed by atoms with E-state index in [1.807, 2.05) is 36.7 Å². The molecule has 6 rings (SSSR count). The van der Waals surface area contributed by atoms with Gasteiger partial charge in [0.1, 0.15) is 0 Å². The lowest BCUT2D eigenvalue weighted by atomic mass is 10.1. The maximum atomic E-state index is 5.57. The van der Waals surface area contributed by atoms with Crippen LogP contribution in [0.2, 0.25) is 0 Å². The Kier molecular flexibility index (Phi) is 9.46. The van der Waals surface area contributed by atoms with Gasteiger partial charge >= 0.3 is 0 Å². The van der Waals surface area contributed by atoms with E-state index < -0.39 is 0 Å². The van der Waals surface area contributed by atoms with Gasteiger partial charge in [-0.25, -0.2) is 0 Å². The van der Waals surface area contributed by atoms with Crippen molar-refractivity contribution in [1.29, 1.82) is 0 Å². The molecule has 10 heteroatoms. The molecule has 2 fully saturated rings. The minimum atomic E-state index is 0.507. The van der Waals surface area contributed by atoms with E-state index in [2.05, 4.69) is 44.0 Å². The Hall–Kier alpha value is -4.54. The lowest BCUT2D eigenvalue weighted by molar-refractivity contribution is 0.0567. The number of pyridine rings is 2. The number of fused-ring (bicyclic) bond motifs is 2. The third-order valence-corrected chi connectivity index (χ3v) is 9.05. The lowest BCUT2D eigenvalue weighted by Crippen LogP contribution is -2.52. The summed E-state index contributed by atoms with van der Waals surface area (Å²) in [5, 5.41) is 0. The summed E-state index contributed by atoms with van der Waals surface area (Å²) in [7, 11) is 9.73. The van der Waals surface area contributed by atoms with Crippen molar-refractivity contribution in [3.63, 3.8) is 0 Å². The summed E-state index contributed by atoms with van der Waals surface area (Å²) >= 11 is 0. The first-order valence-corrected chi connectivity index (χ1v) is 15.5. The minimum absolute atomic E-state index is 0.507. The highest BCUT2D eigenvalue weighted by Gasteiger charge is 2.39. The third-order valence-electron chi connectivity index (χ3n) is 9.05. The maximum absolute atomic E-state index is 5.57. The SMILES string of the molecule is COc1cc(-c2cc(CN3C[C@H]4CC[C@@H](C3)N4Cc3ccnc(-c4cc(OC)c(OC)c(OC)c4)c3)ccn2)cc(OC)c1OC. The number of piperazine rings is 1. The first-order chi connectivity index (χ1) is 22.5. The molecule has 0 N–H and O–H groups in total. The molecule has 0 aliphatic carbocycles. The Morgan fingerprint density at radius 2 is 0.978 bits per heavy atom. The molecular weight excluding hydrogens is 584 g/mol. The van der Waals surface area contributed by atoms with Gasteiger partial charge in [-0.05, 0) is 72.5 Å². The molecule has 0 amide bonds. The molecule has 0 unspecified atom stereocenters. The van der Waals surface area contributed by atoms with Crippen molar-refractivity contribution in [1.82, 2.24) is 19.8 Å². The van der Waals surface area contributed by atoms with E-state index >= 15 is 0 Å². The molecule has 2 bridgehead atoms. The highest BCUT2D eigenvalue weighted by molar-refractivity contribution is 5.70. The molecule has 2 atom stereocenters. The van der Waals surface area contributed by atoms with Gasteiger partial charge in [-0.3, -0.25) is 19.8 Å². The summed E-state index contributed by atoms with van der Waals surface area (Å²) in [5.74, 6) is 3.60. The first-order valence-electron chi connectivity index (χ1n) is 15.5. The Balaban J connectivity index is 1.15. The van der Waals surface area contributed by atoms with E-state index in [-0.39, 0.29) is 0 Å². The third kappa shape index (κ3) is 6.27. The number of nitrogens with zero attached hydrogens (tertiary/aromatic N) is 4. The smallest absolute Gasteiger partial charge is 0.203 e. The zero-order chi connectivity index (χ0) is 32.2. The molecule has 4 aromatic rings. The van der Waals surface area contributed by atoms with Crippen molar-refractivity contribution in [2.75, 3.05) is 55.7 Å². The predicted molar refractivity (Wildman–Crippen MR) is 176 cm³/mol. The van der Waals surface area contributed by atoms with Crippen molar-refractivity contribution in [2.45, 2.75) is 38.0 Å². The molecule has 2 aliphatic rings. The maximum Gasteiger partial charge on any atom is 0.203 e. The molecule has 2 aromatic carbocycles. The van der Waals surface area contributed by atoms with Crippen molar-refractivity contribution in [3.05, 3.63) is 72.1 Å². The molecule has 0 radical (unpaired) electrons. The molecule has 0 spiro atoms. The zero-order valence-electron chi connectivity index (χ0n) is 27.4. The Morgan fingerprint density at radius 1 is 0.565 bits per heavy atom. The molecule has 2 aromatic heterocycles. The van der Waals surface area contributed by atoms with E-state index in [1.54, 1.807) is 42.7 Å². The first kappa shape index (κ1) is 31.4. The van der Waals surface area contributed by atoms with E-state index in [9.17, 15) is 0 Å². The number of ether oxygens (including phenoxy) is 6. The normalized spacial score (nSPS) is 17.9. The zero-order valence-corrected chi connectivity index (χ0v) is 27.4. The summed E-state index contributed by atoms with van der Waals surface area (Å²) in [6.07, 6.45) is 6.19. The number of rotatable bonds is 12. The quantitative estimate of drug-likeness (QED) is 0.195. The van der Waals surface area contributed by atoms with Crippen LogP contribution >= 0.6 is 0 Å². The Morgan fingerprint density at radius 3 is 1.37 bits per heavy atom. The Bertz CT molecular complexity index is 1620. The fraction of sp³-hybridized carbons (Fsp3) is 0.389. The highest BCUT2D eigenvalue weighted by Crippen LogP contribution is 2.42. The standard InChI is InChI=1S/C36H42N4O6/c1-41-31-15-25(16-32(42-2)35(31)45-5)29-13-23(9-11-37-29)19-39-21-27-7-8-28(22-39)40(27)20-24-10-12-38-30(14-24)26-17-33(43-3)36(46-6)34(18-26)44-4/h9-18,27-28H,7-8,19-22H2,1-6H3/t27-,28+. The van der Waals surface area contributed by atoms with Gasteiger partial charge in [0.2, 0.25) is 11.5 Å². The van der Waals surface area contributed by atoms with E-state index in [0.29, 0.717) is 46.6 Å². The van der Waals surface area contributed by atoms with Crippen LogP contribution in [0.25, 0.3) is 22.5 Å². The van der Waals surface area contributed by atoms with Gasteiger partial charge in [-0.2, -0.15) is 0 Å². The van der Waals surface area contributed by atoms with Crippen molar-refractivity contribution >= 4 is 0 Å². The van der Waals surface area contributed by atoms with Crippen molar-refractivity contribution < 1.29 is 28.4 Å². The van der Waals surface area contributed by atoms with Crippen LogP contribution in [-0.4, -0.2) is 87.6 Å². The van der Waals surface area contributed by atoms with Crippen LogP contribution in [0.1, 0.15) is 24.0 Å². The second-order valence-electron chi connectivity index (χ2n) is 11.7. The van der Waals surface area contributed by atoms with Gasteiger partial charge in [-0.15, -0.1) is 0 Å². The average molecular weight is 627 g/mol. The van der Waals surface area contributed by atoms with Crippen LogP contribution in [0.15, 0.2) is 60.9 Å². The van der Waals surface area contributed by atoms with Crippen molar-refractivity contribution in [3.8, 4) is 57.0 Å². The van der Waals surface area contributed by atoms with Gasteiger partial charge in [-0.1, -0.05) is 0 Å². The second-order valence-corrected chi connectivity index (χ2v) is 11.7. The number of hydrogen-bond acceptors (Lipinski definition) is 10. The molecule has 46 heavy (non-hydrogen) atoms. The van der Waals surface area contributed by atoms with Crippen LogP contribution < -0.4 is 28.4 Å². The lowest BCUT2D eigenvalue weighted by Gasteiger charge is -2.41. The summed E-state index contributed by atoms with van der Waals surface area (Å²) in [5.41, 5.74) is 6.07. The predicted octanol–water partition coefficient (Wildman–Crippen LogP) is 5.71. The molecule has 242 valence electrons. The molecule has 10 nitrogen and oxygen atoms in total. The highest BCUT2D eigenvalue weighted by atomic mass is 16.5. The fourth-order valence-corrected chi connectivity index (χ4v) is 6.85. The number of hydrogen-bond donors (Lipinski definition) is 0. The summed E-state index contributed by atoms with van der Waals surface area (Å²) in [6, 6.07) is 17.4. The van der Waals surface area contributed by atoms with Gasteiger partial charge in [0.15, 0.2) is 23.0 Å². The van der Waals surface area contributed by atoms with Crippen LogP contribution in [0.5, 0.6) is 34.5 Å². The fourth-order valence-electron chi connectivity index (χ4n) is 6.85. The van der Waals surface area contributed by atoms with Crippen LogP contribution in [-0.2, 0) is 13.1 Å². The molecule has 0 saturated carbocycles. The number of methoxy groups -OCH3 is 6. The van der Waals surface area contributed by atoms with Crippen LogP contribution in [0.3, 0.4) is 0 Å². The Labute approximate surface area is 270 Å². The van der Waals surface area contributed by atoms with Crippen LogP contribution in [0, 0.1) is 0 Å². The minimum Gasteiger partial charge on any atom is -0.493 e. The number of benzene rings is 2. The van der Waals surface area contributed by atoms with Crippen LogP contribution in [0.4, 0.5) is 0 Å². The molecular formula is C36H42N4O6. The van der Waals surface area contributed by atoms with Crippen molar-refractivity contribution in [2.24, 2.45) is 0 Å². The molecule has 2 saturated heterocycles. The second kappa shape index (κ2) is 13.8. The number of likely N-dealkylation sites (tertiary alicyclic amines) is 1. The van der Waals surface area contributed by atoms with E-state index in [0.717, 1.165) is 48.7 Å². The van der Waals surface area contributed by atoms with Gasteiger partial charge < -0.3 is 28.4 Å². The summed E-state index contributed by atoms with van der Waals surface area (Å²) in [4.78, 5) is 14.6. The van der Waals surface area contributed by atoms with E-state index in [1.165, 1.54) is 24.0 Å². The van der Waals surface area contributed by atoms with Gasteiger partial charge in [0.05, 0.1) is 54.0 Å². The van der Waals surface area contributed by atoms with Gasteiger partial charge in [0, 0.05) is 61.8 Å². The topological polar surface area (TPSA) is 87.6 Å². The average Bonchev–Trinajstić information content (AvgIpc) is 3.32. The van der Waals surface area contributed by atoms with E-state index in [4.69, 9.17) is 28.4 Å². The monoisotopic (exact) mass is 626 g/mol. The summed E-state index contributed by atoms with van der Waals surface area (Å²) < 4.78 is 33.3. The largest absolute Gasteiger partial charge is 0.493 e.